The van der Waals surface area contributed by atoms with Crippen LogP contribution < -0.4 is 5.32 Å². The normalized spacial score (nSPS) is 26.8. The lowest BCUT2D eigenvalue weighted by Gasteiger charge is -2.37. The Balaban J connectivity index is 2.91. The van der Waals surface area contributed by atoms with Crippen molar-refractivity contribution in [2.75, 3.05) is 7.11 Å². The summed E-state index contributed by atoms with van der Waals surface area (Å²) in [6.45, 7) is 8.53. The van der Waals surface area contributed by atoms with Gasteiger partial charge < -0.3 is 15.0 Å². The summed E-state index contributed by atoms with van der Waals surface area (Å²) in [6.07, 6.45) is -0.0117. The minimum absolute atomic E-state index is 0.0117. The molecule has 1 saturated heterocycles. The summed E-state index contributed by atoms with van der Waals surface area (Å²) < 4.78 is 5.34. The first-order valence-electron chi connectivity index (χ1n) is 4.54. The first-order chi connectivity index (χ1) is 5.91. The highest BCUT2D eigenvalue weighted by Gasteiger charge is 2.45. The van der Waals surface area contributed by atoms with Crippen LogP contribution in [-0.4, -0.2) is 34.9 Å². The Morgan fingerprint density at radius 1 is 1.54 bits per heavy atom. The van der Waals surface area contributed by atoms with Crippen LogP contribution in [0.2, 0.25) is 0 Å². The first-order valence-corrected chi connectivity index (χ1v) is 4.94. The highest BCUT2D eigenvalue weighted by atomic mass is 32.1. The highest BCUT2D eigenvalue weighted by molar-refractivity contribution is 7.80. The van der Waals surface area contributed by atoms with E-state index in [-0.39, 0.29) is 11.8 Å². The van der Waals surface area contributed by atoms with Gasteiger partial charge in [-0.2, -0.15) is 0 Å². The highest BCUT2D eigenvalue weighted by Crippen LogP contribution is 2.28. The molecule has 0 aromatic heterocycles. The Hall–Kier alpha value is -0.350. The fourth-order valence-corrected chi connectivity index (χ4v) is 2.55. The third-order valence-electron chi connectivity index (χ3n) is 2.49. The predicted molar refractivity (Wildman–Crippen MR) is 57.6 cm³/mol. The van der Waals surface area contributed by atoms with Crippen LogP contribution in [0.5, 0.6) is 0 Å². The van der Waals surface area contributed by atoms with Gasteiger partial charge in [-0.05, 0) is 39.9 Å². The molecule has 0 spiro atoms. The van der Waals surface area contributed by atoms with Gasteiger partial charge in [0.05, 0.1) is 5.54 Å². The van der Waals surface area contributed by atoms with Crippen molar-refractivity contribution in [2.24, 2.45) is 0 Å². The van der Waals surface area contributed by atoms with E-state index < -0.39 is 0 Å². The van der Waals surface area contributed by atoms with E-state index in [0.717, 1.165) is 5.11 Å². The molecule has 0 radical (unpaired) electrons. The number of methoxy groups -OCH3 is 1. The lowest BCUT2D eigenvalue weighted by atomic mass is 10.0. The van der Waals surface area contributed by atoms with Gasteiger partial charge in [-0.3, -0.25) is 0 Å². The lowest BCUT2D eigenvalue weighted by Crippen LogP contribution is -2.50. The number of hydrogen-bond acceptors (Lipinski definition) is 2. The van der Waals surface area contributed by atoms with Crippen LogP contribution in [0.1, 0.15) is 27.7 Å². The Morgan fingerprint density at radius 3 is 2.31 bits per heavy atom. The summed E-state index contributed by atoms with van der Waals surface area (Å²) in [6, 6.07) is 0.398. The van der Waals surface area contributed by atoms with E-state index in [1.165, 1.54) is 0 Å². The summed E-state index contributed by atoms with van der Waals surface area (Å²) in [5, 5.41) is 3.94. The van der Waals surface area contributed by atoms with Gasteiger partial charge in [0, 0.05) is 13.2 Å². The van der Waals surface area contributed by atoms with Crippen molar-refractivity contribution in [2.45, 2.75) is 45.5 Å². The molecule has 0 aliphatic carbocycles. The van der Waals surface area contributed by atoms with E-state index in [4.69, 9.17) is 17.0 Å². The zero-order chi connectivity index (χ0) is 10.2. The Labute approximate surface area is 85.4 Å². The predicted octanol–water partition coefficient (Wildman–Crippen LogP) is 1.34. The molecule has 3 nitrogen and oxygen atoms in total. The minimum atomic E-state index is -0.0694. The molecule has 0 aromatic rings. The molecule has 1 unspecified atom stereocenters. The van der Waals surface area contributed by atoms with Crippen molar-refractivity contribution < 1.29 is 4.74 Å². The van der Waals surface area contributed by atoms with Crippen LogP contribution in [0.3, 0.4) is 0 Å². The van der Waals surface area contributed by atoms with Gasteiger partial charge in [0.25, 0.3) is 0 Å². The molecule has 1 aliphatic rings. The zero-order valence-electron chi connectivity index (χ0n) is 8.92. The van der Waals surface area contributed by atoms with Crippen LogP contribution in [0, 0.1) is 0 Å². The van der Waals surface area contributed by atoms with Crippen molar-refractivity contribution in [1.82, 2.24) is 10.2 Å². The average molecular weight is 202 g/mol. The second-order valence-corrected chi connectivity index (χ2v) is 4.57. The Bertz CT molecular complexity index is 216. The number of nitrogens with one attached hydrogen (secondary N) is 1. The van der Waals surface area contributed by atoms with Crippen LogP contribution in [-0.2, 0) is 4.74 Å². The molecular weight excluding hydrogens is 184 g/mol. The first kappa shape index (κ1) is 10.7. The van der Waals surface area contributed by atoms with Crippen LogP contribution in [0.15, 0.2) is 0 Å². The standard InChI is InChI=1S/C9H18N2OS/c1-6(2)11-8(13)10-7(12-5)9(11,3)4/h6-7H,1-5H3,(H,10,13). The fourth-order valence-electron chi connectivity index (χ4n) is 1.99. The van der Waals surface area contributed by atoms with E-state index in [1.54, 1.807) is 7.11 Å². The van der Waals surface area contributed by atoms with Crippen LogP contribution >= 0.6 is 12.2 Å². The van der Waals surface area contributed by atoms with Crippen molar-refractivity contribution in [1.29, 1.82) is 0 Å². The molecule has 0 amide bonds. The van der Waals surface area contributed by atoms with Crippen molar-refractivity contribution in [3.05, 3.63) is 0 Å². The van der Waals surface area contributed by atoms with Gasteiger partial charge in [-0.1, -0.05) is 0 Å². The van der Waals surface area contributed by atoms with Crippen molar-refractivity contribution in [3.8, 4) is 0 Å². The van der Waals surface area contributed by atoms with Crippen molar-refractivity contribution >= 4 is 17.3 Å². The maximum Gasteiger partial charge on any atom is 0.171 e. The van der Waals surface area contributed by atoms with Crippen LogP contribution in [0.4, 0.5) is 0 Å². The van der Waals surface area contributed by atoms with Gasteiger partial charge in [0.15, 0.2) is 11.3 Å². The van der Waals surface area contributed by atoms with Gasteiger partial charge in [0.2, 0.25) is 0 Å². The average Bonchev–Trinajstić information content (AvgIpc) is 2.20. The molecule has 1 atom stereocenters. The second-order valence-electron chi connectivity index (χ2n) is 4.18. The molecule has 76 valence electrons. The molecule has 0 saturated carbocycles. The van der Waals surface area contributed by atoms with Crippen LogP contribution in [0.25, 0.3) is 0 Å². The van der Waals surface area contributed by atoms with Gasteiger partial charge in [0.1, 0.15) is 0 Å². The third kappa shape index (κ3) is 1.65. The molecule has 1 rings (SSSR count). The fraction of sp³-hybridized carbons (Fsp3) is 0.889. The number of thiocarbonyl (C=S) groups is 1. The monoisotopic (exact) mass is 202 g/mol. The van der Waals surface area contributed by atoms with Gasteiger partial charge in [-0.25, -0.2) is 0 Å². The largest absolute Gasteiger partial charge is 0.359 e. The van der Waals surface area contributed by atoms with E-state index in [9.17, 15) is 0 Å². The number of hydrogen-bond donors (Lipinski definition) is 1. The van der Waals surface area contributed by atoms with E-state index in [1.807, 2.05) is 0 Å². The third-order valence-corrected chi connectivity index (χ3v) is 2.80. The quantitative estimate of drug-likeness (QED) is 0.683. The molecule has 0 aromatic carbocycles. The Morgan fingerprint density at radius 2 is 2.08 bits per heavy atom. The summed E-state index contributed by atoms with van der Waals surface area (Å²) in [4.78, 5) is 2.18. The number of rotatable bonds is 2. The summed E-state index contributed by atoms with van der Waals surface area (Å²) >= 11 is 5.24. The zero-order valence-corrected chi connectivity index (χ0v) is 9.73. The smallest absolute Gasteiger partial charge is 0.171 e. The Kier molecular flexibility index (Phi) is 2.82. The summed E-state index contributed by atoms with van der Waals surface area (Å²) in [5.41, 5.74) is -0.0694. The van der Waals surface area contributed by atoms with E-state index >= 15 is 0 Å². The molecule has 4 heteroatoms. The topological polar surface area (TPSA) is 24.5 Å². The molecule has 1 fully saturated rings. The van der Waals surface area contributed by atoms with Gasteiger partial charge >= 0.3 is 0 Å². The molecule has 0 bridgehead atoms. The maximum absolute atomic E-state index is 5.34. The van der Waals surface area contributed by atoms with Gasteiger partial charge in [-0.15, -0.1) is 0 Å². The molecule has 1 N–H and O–H groups in total. The number of nitrogens with zero attached hydrogens (tertiary/aromatic N) is 1. The SMILES string of the molecule is COC1NC(=S)N(C(C)C)C1(C)C. The van der Waals surface area contributed by atoms with E-state index in [2.05, 4.69) is 37.9 Å². The molecule has 1 heterocycles. The van der Waals surface area contributed by atoms with E-state index in [0.29, 0.717) is 6.04 Å². The minimum Gasteiger partial charge on any atom is -0.359 e. The second kappa shape index (κ2) is 3.42. The maximum atomic E-state index is 5.34. The summed E-state index contributed by atoms with van der Waals surface area (Å²) in [7, 11) is 1.70. The molecule has 1 aliphatic heterocycles. The molecular formula is C9H18N2OS. The summed E-state index contributed by atoms with van der Waals surface area (Å²) in [5.74, 6) is 0. The molecule has 13 heavy (non-hydrogen) atoms. The lowest BCUT2D eigenvalue weighted by molar-refractivity contribution is 0.00565. The number of ether oxygens (including phenoxy) is 1. The van der Waals surface area contributed by atoms with Crippen molar-refractivity contribution in [3.63, 3.8) is 0 Å².